The second-order valence-electron chi connectivity index (χ2n) is 7.73. The van der Waals surface area contributed by atoms with Gasteiger partial charge in [0.15, 0.2) is 0 Å². The highest BCUT2D eigenvalue weighted by atomic mass is 79.9. The third-order valence-electron chi connectivity index (χ3n) is 4.94. The normalized spacial score (nSPS) is 12.5. The van der Waals surface area contributed by atoms with Gasteiger partial charge in [0, 0.05) is 5.54 Å². The van der Waals surface area contributed by atoms with Crippen LogP contribution in [0.1, 0.15) is 85.0 Å². The molecule has 0 aliphatic heterocycles. The van der Waals surface area contributed by atoms with E-state index in [1.807, 2.05) is 30.3 Å². The van der Waals surface area contributed by atoms with Gasteiger partial charge in [-0.05, 0) is 44.7 Å². The number of ether oxygens (including phenoxy) is 1. The van der Waals surface area contributed by atoms with Crippen molar-refractivity contribution in [1.82, 2.24) is 0 Å². The zero-order valence-corrected chi connectivity index (χ0v) is 18.3. The van der Waals surface area contributed by atoms with E-state index in [9.17, 15) is 0 Å². The minimum atomic E-state index is -0.124. The molecule has 0 spiro atoms. The van der Waals surface area contributed by atoms with E-state index in [4.69, 9.17) is 10.5 Å². The Balaban J connectivity index is 0.00000576. The third kappa shape index (κ3) is 12.4. The molecule has 0 bridgehead atoms. The molecule has 1 rings (SSSR count). The fourth-order valence-corrected chi connectivity index (χ4v) is 3.25. The molecule has 0 heterocycles. The topological polar surface area (TPSA) is 35.2 Å². The molecule has 2 N–H and O–H groups in total. The molecule has 0 radical (unpaired) electrons. The van der Waals surface area contributed by atoms with E-state index in [0.29, 0.717) is 5.92 Å². The molecule has 25 heavy (non-hydrogen) atoms. The van der Waals surface area contributed by atoms with Crippen molar-refractivity contribution in [2.75, 3.05) is 6.61 Å². The van der Waals surface area contributed by atoms with Gasteiger partial charge in [0.1, 0.15) is 5.75 Å². The van der Waals surface area contributed by atoms with Crippen molar-refractivity contribution < 1.29 is 4.74 Å². The first-order chi connectivity index (χ1) is 11.5. The maximum absolute atomic E-state index is 6.40. The predicted octanol–water partition coefficient (Wildman–Crippen LogP) is 6.92. The summed E-state index contributed by atoms with van der Waals surface area (Å²) >= 11 is 0. The molecular formula is C22H40BrNO. The summed E-state index contributed by atoms with van der Waals surface area (Å²) in [7, 11) is 0. The Bertz CT molecular complexity index is 402. The molecule has 2 nitrogen and oxygen atoms in total. The molecule has 146 valence electrons. The van der Waals surface area contributed by atoms with Crippen molar-refractivity contribution in [1.29, 1.82) is 0 Å². The Morgan fingerprint density at radius 1 is 0.880 bits per heavy atom. The van der Waals surface area contributed by atoms with E-state index in [0.717, 1.165) is 18.8 Å². The number of nitrogens with two attached hydrogens (primary N) is 1. The number of benzene rings is 1. The summed E-state index contributed by atoms with van der Waals surface area (Å²) in [5.74, 6) is 1.49. The number of rotatable bonds is 14. The highest BCUT2D eigenvalue weighted by Crippen LogP contribution is 2.25. The van der Waals surface area contributed by atoms with E-state index in [1.165, 1.54) is 57.8 Å². The SMILES string of the molecule is Br.CCCCCCCCCCC(CCOc1ccccc1)C(C)(C)N. The molecule has 0 aliphatic rings. The lowest BCUT2D eigenvalue weighted by Crippen LogP contribution is -2.41. The number of unbranched alkanes of at least 4 members (excludes halogenated alkanes) is 7. The Morgan fingerprint density at radius 3 is 2.00 bits per heavy atom. The molecule has 0 saturated carbocycles. The average molecular weight is 414 g/mol. The summed E-state index contributed by atoms with van der Waals surface area (Å²) in [5.41, 5.74) is 6.28. The first-order valence-electron chi connectivity index (χ1n) is 10.0. The van der Waals surface area contributed by atoms with Crippen molar-refractivity contribution in [3.05, 3.63) is 30.3 Å². The molecule has 1 atom stereocenters. The fraction of sp³-hybridized carbons (Fsp3) is 0.727. The van der Waals surface area contributed by atoms with Gasteiger partial charge in [-0.1, -0.05) is 76.5 Å². The molecule has 1 aromatic rings. The van der Waals surface area contributed by atoms with Crippen LogP contribution in [0.15, 0.2) is 30.3 Å². The molecule has 0 aromatic heterocycles. The Kier molecular flexibility index (Phi) is 14.3. The zero-order chi connectivity index (χ0) is 17.7. The Labute approximate surface area is 166 Å². The largest absolute Gasteiger partial charge is 0.494 e. The summed E-state index contributed by atoms with van der Waals surface area (Å²) in [6, 6.07) is 10.1. The standard InChI is InChI=1S/C22H39NO.BrH/c1-4-5-6-7-8-9-10-12-15-20(22(2,3)23)18-19-24-21-16-13-11-14-17-21;/h11,13-14,16-17,20H,4-10,12,15,18-19,23H2,1-3H3;1H. The number of halogens is 1. The summed E-state index contributed by atoms with van der Waals surface area (Å²) < 4.78 is 5.86. The third-order valence-corrected chi connectivity index (χ3v) is 4.94. The average Bonchev–Trinajstić information content (AvgIpc) is 2.55. The second kappa shape index (κ2) is 14.6. The number of para-hydroxylation sites is 1. The molecule has 0 saturated heterocycles. The van der Waals surface area contributed by atoms with E-state index in [1.54, 1.807) is 0 Å². The van der Waals surface area contributed by atoms with Gasteiger partial charge in [-0.2, -0.15) is 0 Å². The van der Waals surface area contributed by atoms with Crippen LogP contribution < -0.4 is 10.5 Å². The van der Waals surface area contributed by atoms with Crippen molar-refractivity contribution in [3.63, 3.8) is 0 Å². The van der Waals surface area contributed by atoms with E-state index in [2.05, 4.69) is 20.8 Å². The van der Waals surface area contributed by atoms with Crippen LogP contribution in [0.2, 0.25) is 0 Å². The summed E-state index contributed by atoms with van der Waals surface area (Å²) in [6.07, 6.45) is 13.2. The van der Waals surface area contributed by atoms with Gasteiger partial charge in [-0.3, -0.25) is 0 Å². The zero-order valence-electron chi connectivity index (χ0n) is 16.6. The molecule has 0 amide bonds. The van der Waals surface area contributed by atoms with E-state index in [-0.39, 0.29) is 22.5 Å². The molecule has 3 heteroatoms. The van der Waals surface area contributed by atoms with Crippen LogP contribution in [0, 0.1) is 5.92 Å². The van der Waals surface area contributed by atoms with Gasteiger partial charge in [0.2, 0.25) is 0 Å². The fourth-order valence-electron chi connectivity index (χ4n) is 3.25. The second-order valence-corrected chi connectivity index (χ2v) is 7.73. The Hall–Kier alpha value is -0.540. The van der Waals surface area contributed by atoms with Crippen molar-refractivity contribution >= 4 is 17.0 Å². The van der Waals surface area contributed by atoms with Gasteiger partial charge in [0.05, 0.1) is 6.61 Å². The van der Waals surface area contributed by atoms with E-state index >= 15 is 0 Å². The van der Waals surface area contributed by atoms with Crippen LogP contribution in [-0.4, -0.2) is 12.1 Å². The summed E-state index contributed by atoms with van der Waals surface area (Å²) in [5, 5.41) is 0. The van der Waals surface area contributed by atoms with Crippen LogP contribution in [0.3, 0.4) is 0 Å². The van der Waals surface area contributed by atoms with Crippen LogP contribution in [0.25, 0.3) is 0 Å². The van der Waals surface area contributed by atoms with Crippen molar-refractivity contribution in [2.45, 2.75) is 90.5 Å². The maximum Gasteiger partial charge on any atom is 0.119 e. The minimum Gasteiger partial charge on any atom is -0.494 e. The van der Waals surface area contributed by atoms with E-state index < -0.39 is 0 Å². The number of hydrogen-bond donors (Lipinski definition) is 1. The molecule has 1 aromatic carbocycles. The van der Waals surface area contributed by atoms with Crippen molar-refractivity contribution in [3.8, 4) is 5.75 Å². The lowest BCUT2D eigenvalue weighted by Gasteiger charge is -2.30. The highest BCUT2D eigenvalue weighted by molar-refractivity contribution is 8.93. The van der Waals surface area contributed by atoms with Gasteiger partial charge >= 0.3 is 0 Å². The molecule has 0 aliphatic carbocycles. The maximum atomic E-state index is 6.40. The monoisotopic (exact) mass is 413 g/mol. The molecule has 0 fully saturated rings. The first-order valence-corrected chi connectivity index (χ1v) is 10.0. The van der Waals surface area contributed by atoms with Crippen molar-refractivity contribution in [2.24, 2.45) is 11.7 Å². The predicted molar refractivity (Wildman–Crippen MR) is 116 cm³/mol. The van der Waals surface area contributed by atoms with Gasteiger partial charge in [-0.15, -0.1) is 17.0 Å². The van der Waals surface area contributed by atoms with Gasteiger partial charge < -0.3 is 10.5 Å². The quantitative estimate of drug-likeness (QED) is 0.336. The lowest BCUT2D eigenvalue weighted by molar-refractivity contribution is 0.214. The van der Waals surface area contributed by atoms with Crippen LogP contribution in [0.5, 0.6) is 5.75 Å². The lowest BCUT2D eigenvalue weighted by atomic mass is 9.82. The molecule has 1 unspecified atom stereocenters. The van der Waals surface area contributed by atoms with Crippen LogP contribution in [0.4, 0.5) is 0 Å². The smallest absolute Gasteiger partial charge is 0.119 e. The van der Waals surface area contributed by atoms with Gasteiger partial charge in [-0.25, -0.2) is 0 Å². The van der Waals surface area contributed by atoms with Gasteiger partial charge in [0.25, 0.3) is 0 Å². The minimum absolute atomic E-state index is 0. The summed E-state index contributed by atoms with van der Waals surface area (Å²) in [6.45, 7) is 7.35. The van der Waals surface area contributed by atoms with Crippen LogP contribution >= 0.6 is 17.0 Å². The Morgan fingerprint density at radius 2 is 1.44 bits per heavy atom. The first kappa shape index (κ1) is 24.5. The summed E-state index contributed by atoms with van der Waals surface area (Å²) in [4.78, 5) is 0. The highest BCUT2D eigenvalue weighted by Gasteiger charge is 2.24. The molecular weight excluding hydrogens is 374 g/mol. The number of hydrogen-bond acceptors (Lipinski definition) is 2. The van der Waals surface area contributed by atoms with Crippen LogP contribution in [-0.2, 0) is 0 Å².